The molecule has 4 nitrogen and oxygen atoms in total. The highest BCUT2D eigenvalue weighted by Crippen LogP contribution is 2.40. The van der Waals surface area contributed by atoms with Crippen LogP contribution in [0.1, 0.15) is 59.7 Å². The number of ketones is 1. The van der Waals surface area contributed by atoms with Crippen LogP contribution in [0.15, 0.2) is 36.4 Å². The van der Waals surface area contributed by atoms with Crippen LogP contribution in [-0.4, -0.2) is 24.3 Å². The Bertz CT molecular complexity index is 918. The van der Waals surface area contributed by atoms with Gasteiger partial charge in [0.25, 0.3) is 5.91 Å². The predicted octanol–water partition coefficient (Wildman–Crippen LogP) is 4.43. The fourth-order valence-electron chi connectivity index (χ4n) is 4.51. The highest BCUT2D eigenvalue weighted by Gasteiger charge is 2.32. The Balaban J connectivity index is 1.57. The highest BCUT2D eigenvalue weighted by atomic mass is 16.5. The van der Waals surface area contributed by atoms with Crippen molar-refractivity contribution in [1.82, 2.24) is 0 Å². The van der Waals surface area contributed by atoms with Gasteiger partial charge in [-0.3, -0.25) is 9.59 Å². The van der Waals surface area contributed by atoms with Gasteiger partial charge in [-0.25, -0.2) is 0 Å². The molecule has 0 fully saturated rings. The minimum absolute atomic E-state index is 0.0597. The Labute approximate surface area is 160 Å². The van der Waals surface area contributed by atoms with Crippen LogP contribution in [0.25, 0.3) is 0 Å². The molecule has 0 radical (unpaired) electrons. The van der Waals surface area contributed by atoms with Gasteiger partial charge in [-0.2, -0.15) is 0 Å². The SMILES string of the molecule is Cc1ccc(OCC(=O)N2c3ccccc3CCC2C)c2c1C(C)CC2=O. The molecule has 4 heteroatoms. The van der Waals surface area contributed by atoms with E-state index in [1.54, 1.807) is 0 Å². The van der Waals surface area contributed by atoms with E-state index >= 15 is 0 Å². The zero-order chi connectivity index (χ0) is 19.1. The van der Waals surface area contributed by atoms with Crippen LogP contribution < -0.4 is 9.64 Å². The maximum absolute atomic E-state index is 13.0. The molecule has 0 aromatic heterocycles. The summed E-state index contributed by atoms with van der Waals surface area (Å²) in [6.07, 6.45) is 2.44. The van der Waals surface area contributed by atoms with Crippen molar-refractivity contribution in [3.63, 3.8) is 0 Å². The number of amides is 1. The molecule has 2 aliphatic rings. The third-order valence-corrected chi connectivity index (χ3v) is 5.83. The van der Waals surface area contributed by atoms with Gasteiger partial charge in [0, 0.05) is 18.2 Å². The van der Waals surface area contributed by atoms with Crippen LogP contribution in [0.4, 0.5) is 5.69 Å². The number of rotatable bonds is 3. The lowest BCUT2D eigenvalue weighted by Gasteiger charge is -2.35. The number of fused-ring (bicyclic) bond motifs is 2. The van der Waals surface area contributed by atoms with Crippen molar-refractivity contribution in [1.29, 1.82) is 0 Å². The van der Waals surface area contributed by atoms with E-state index in [4.69, 9.17) is 4.74 Å². The van der Waals surface area contributed by atoms with Gasteiger partial charge in [0.15, 0.2) is 12.4 Å². The maximum Gasteiger partial charge on any atom is 0.265 e. The summed E-state index contributed by atoms with van der Waals surface area (Å²) in [4.78, 5) is 27.3. The number of Topliss-reactive ketones (excluding diaryl/α,β-unsaturated/α-hetero) is 1. The van der Waals surface area contributed by atoms with Gasteiger partial charge >= 0.3 is 0 Å². The van der Waals surface area contributed by atoms with E-state index in [2.05, 4.69) is 19.9 Å². The number of anilines is 1. The lowest BCUT2D eigenvalue weighted by Crippen LogP contribution is -2.44. The van der Waals surface area contributed by atoms with Crippen molar-refractivity contribution in [2.75, 3.05) is 11.5 Å². The van der Waals surface area contributed by atoms with Gasteiger partial charge in [-0.1, -0.05) is 31.2 Å². The molecule has 4 rings (SSSR count). The second-order valence-electron chi connectivity index (χ2n) is 7.77. The van der Waals surface area contributed by atoms with E-state index in [0.717, 1.165) is 29.7 Å². The number of benzene rings is 2. The predicted molar refractivity (Wildman–Crippen MR) is 106 cm³/mol. The molecule has 140 valence electrons. The molecular weight excluding hydrogens is 338 g/mol. The summed E-state index contributed by atoms with van der Waals surface area (Å²) in [6.45, 7) is 6.10. The molecule has 1 aliphatic carbocycles. The Hall–Kier alpha value is -2.62. The first kappa shape index (κ1) is 17.8. The first-order valence-corrected chi connectivity index (χ1v) is 9.67. The molecule has 2 aromatic carbocycles. The average Bonchev–Trinajstić information content (AvgIpc) is 2.96. The summed E-state index contributed by atoms with van der Waals surface area (Å²) < 4.78 is 5.89. The third kappa shape index (κ3) is 3.03. The van der Waals surface area contributed by atoms with Gasteiger partial charge in [0.1, 0.15) is 5.75 Å². The van der Waals surface area contributed by atoms with Crippen molar-refractivity contribution >= 4 is 17.4 Å². The first-order valence-electron chi connectivity index (χ1n) is 9.67. The standard InChI is InChI=1S/C23H25NO3/c1-14-8-11-20(23-19(25)12-15(2)22(14)23)27-13-21(26)24-16(3)9-10-17-6-4-5-7-18(17)24/h4-8,11,15-16H,9-10,12-13H2,1-3H3. The van der Waals surface area contributed by atoms with E-state index in [1.165, 1.54) is 5.56 Å². The number of ether oxygens (including phenoxy) is 1. The molecule has 2 aromatic rings. The van der Waals surface area contributed by atoms with E-state index in [-0.39, 0.29) is 30.3 Å². The average molecular weight is 363 g/mol. The highest BCUT2D eigenvalue weighted by molar-refractivity contribution is 6.04. The Kier molecular flexibility index (Phi) is 4.50. The number of para-hydroxylation sites is 1. The largest absolute Gasteiger partial charge is 0.483 e. The molecule has 0 saturated heterocycles. The number of aryl methyl sites for hydroxylation is 2. The summed E-state index contributed by atoms with van der Waals surface area (Å²) >= 11 is 0. The van der Waals surface area contributed by atoms with Crippen molar-refractivity contribution in [3.8, 4) is 5.75 Å². The van der Waals surface area contributed by atoms with Crippen LogP contribution >= 0.6 is 0 Å². The van der Waals surface area contributed by atoms with Gasteiger partial charge in [0.2, 0.25) is 0 Å². The maximum atomic E-state index is 13.0. The van der Waals surface area contributed by atoms with Crippen molar-refractivity contribution in [2.24, 2.45) is 0 Å². The van der Waals surface area contributed by atoms with Crippen molar-refractivity contribution in [3.05, 3.63) is 58.7 Å². The number of carbonyl (C=O) groups excluding carboxylic acids is 2. The second-order valence-corrected chi connectivity index (χ2v) is 7.77. The van der Waals surface area contributed by atoms with Crippen LogP contribution in [0.3, 0.4) is 0 Å². The van der Waals surface area contributed by atoms with E-state index in [0.29, 0.717) is 17.7 Å². The van der Waals surface area contributed by atoms with Gasteiger partial charge < -0.3 is 9.64 Å². The molecule has 1 amide bonds. The monoisotopic (exact) mass is 363 g/mol. The number of carbonyl (C=O) groups is 2. The minimum atomic E-state index is -0.0672. The zero-order valence-corrected chi connectivity index (χ0v) is 16.1. The fraction of sp³-hybridized carbons (Fsp3) is 0.391. The summed E-state index contributed by atoms with van der Waals surface area (Å²) in [5, 5.41) is 0. The number of hydrogen-bond acceptors (Lipinski definition) is 3. The molecule has 0 saturated carbocycles. The summed E-state index contributed by atoms with van der Waals surface area (Å²) in [5.74, 6) is 0.791. The van der Waals surface area contributed by atoms with Crippen LogP contribution in [-0.2, 0) is 11.2 Å². The molecule has 27 heavy (non-hydrogen) atoms. The van der Waals surface area contributed by atoms with E-state index in [9.17, 15) is 9.59 Å². The number of nitrogens with zero attached hydrogens (tertiary/aromatic N) is 1. The molecule has 1 aliphatic heterocycles. The Morgan fingerprint density at radius 3 is 2.78 bits per heavy atom. The minimum Gasteiger partial charge on any atom is -0.483 e. The van der Waals surface area contributed by atoms with Crippen LogP contribution in [0.2, 0.25) is 0 Å². The summed E-state index contributed by atoms with van der Waals surface area (Å²) in [7, 11) is 0. The van der Waals surface area contributed by atoms with Crippen LogP contribution in [0, 0.1) is 6.92 Å². The normalized spacial score (nSPS) is 21.0. The Morgan fingerprint density at radius 2 is 1.96 bits per heavy atom. The van der Waals surface area contributed by atoms with Gasteiger partial charge in [-0.05, 0) is 61.4 Å². The molecule has 0 bridgehead atoms. The second kappa shape index (κ2) is 6.84. The summed E-state index contributed by atoms with van der Waals surface area (Å²) in [5.41, 5.74) is 5.03. The Morgan fingerprint density at radius 1 is 1.19 bits per heavy atom. The van der Waals surface area contributed by atoms with Crippen LogP contribution in [0.5, 0.6) is 5.75 Å². The topological polar surface area (TPSA) is 46.6 Å². The van der Waals surface area contributed by atoms with Gasteiger partial charge in [0.05, 0.1) is 5.56 Å². The third-order valence-electron chi connectivity index (χ3n) is 5.83. The van der Waals surface area contributed by atoms with E-state index < -0.39 is 0 Å². The smallest absolute Gasteiger partial charge is 0.265 e. The molecule has 0 spiro atoms. The lowest BCUT2D eigenvalue weighted by molar-refractivity contribution is -0.121. The molecule has 2 atom stereocenters. The molecule has 1 heterocycles. The van der Waals surface area contributed by atoms with Gasteiger partial charge in [-0.15, -0.1) is 0 Å². The molecular formula is C23H25NO3. The number of hydrogen-bond donors (Lipinski definition) is 0. The molecule has 2 unspecified atom stereocenters. The first-order chi connectivity index (χ1) is 13.0. The summed E-state index contributed by atoms with van der Waals surface area (Å²) in [6, 6.07) is 12.0. The van der Waals surface area contributed by atoms with Crippen molar-refractivity contribution < 1.29 is 14.3 Å². The quantitative estimate of drug-likeness (QED) is 0.810. The zero-order valence-electron chi connectivity index (χ0n) is 16.1. The van der Waals surface area contributed by atoms with Crippen molar-refractivity contribution in [2.45, 2.75) is 52.0 Å². The fourth-order valence-corrected chi connectivity index (χ4v) is 4.51. The lowest BCUT2D eigenvalue weighted by atomic mass is 9.96. The van der Waals surface area contributed by atoms with E-state index in [1.807, 2.05) is 42.2 Å². The molecule has 0 N–H and O–H groups in total.